The van der Waals surface area contributed by atoms with Gasteiger partial charge in [-0.1, -0.05) is 25.1 Å². The topological polar surface area (TPSA) is 56.9 Å². The highest BCUT2D eigenvalue weighted by molar-refractivity contribution is 7.80. The number of hydrogen-bond donors (Lipinski definition) is 3. The Labute approximate surface area is 171 Å². The van der Waals surface area contributed by atoms with Crippen molar-refractivity contribution in [2.24, 2.45) is 0 Å². The summed E-state index contributed by atoms with van der Waals surface area (Å²) in [4.78, 5) is 15.4. The number of H-pyrrole nitrogens is 1. The highest BCUT2D eigenvalue weighted by atomic mass is 32.1. The highest BCUT2D eigenvalue weighted by Gasteiger charge is 2.08. The molecule has 1 aromatic heterocycles. The van der Waals surface area contributed by atoms with Crippen LogP contribution in [0.4, 0.5) is 5.69 Å². The number of aromatic amines is 1. The van der Waals surface area contributed by atoms with E-state index < -0.39 is 0 Å². The summed E-state index contributed by atoms with van der Waals surface area (Å²) < 4.78 is 0. The average molecular weight is 394 g/mol. The second-order valence-electron chi connectivity index (χ2n) is 7.24. The first-order chi connectivity index (χ1) is 13.4. The summed E-state index contributed by atoms with van der Waals surface area (Å²) >= 11 is 5.45. The molecule has 0 aliphatic carbocycles. The van der Waals surface area contributed by atoms with Crippen molar-refractivity contribution in [3.05, 3.63) is 74.6 Å². The number of pyridine rings is 1. The second-order valence-corrected chi connectivity index (χ2v) is 7.65. The number of para-hydroxylation sites is 1. The van der Waals surface area contributed by atoms with Crippen LogP contribution in [-0.2, 0) is 12.8 Å². The van der Waals surface area contributed by atoms with Crippen molar-refractivity contribution >= 4 is 33.9 Å². The number of aryl methyl sites for hydroxylation is 4. The standard InChI is InChI=1S/C23H27N3OS/c1-5-17-8-6-7-14(2)21(17)26-23(28)24-10-9-18-13-19-11-15(3)16(4)12-20(19)25-22(18)27/h6-8,11-13H,5,9-10H2,1-4H3,(H,25,27)(H2,24,26,28). The largest absolute Gasteiger partial charge is 0.362 e. The molecule has 0 spiro atoms. The summed E-state index contributed by atoms with van der Waals surface area (Å²) in [5.41, 5.74) is 7.47. The van der Waals surface area contributed by atoms with Crippen LogP contribution in [0.5, 0.6) is 0 Å². The Kier molecular flexibility index (Phi) is 6.15. The lowest BCUT2D eigenvalue weighted by Crippen LogP contribution is -2.31. The molecule has 0 amide bonds. The van der Waals surface area contributed by atoms with Gasteiger partial charge in [-0.2, -0.15) is 0 Å². The Morgan fingerprint density at radius 2 is 1.79 bits per heavy atom. The van der Waals surface area contributed by atoms with Crippen molar-refractivity contribution in [2.75, 3.05) is 11.9 Å². The van der Waals surface area contributed by atoms with E-state index in [1.54, 1.807) is 0 Å². The average Bonchev–Trinajstić information content (AvgIpc) is 2.65. The Balaban J connectivity index is 1.66. The van der Waals surface area contributed by atoms with Gasteiger partial charge < -0.3 is 15.6 Å². The fraction of sp³-hybridized carbons (Fsp3) is 0.304. The maximum Gasteiger partial charge on any atom is 0.251 e. The quantitative estimate of drug-likeness (QED) is 0.557. The molecular formula is C23H27N3OS. The van der Waals surface area contributed by atoms with E-state index in [-0.39, 0.29) is 5.56 Å². The van der Waals surface area contributed by atoms with Crippen molar-refractivity contribution < 1.29 is 0 Å². The molecule has 28 heavy (non-hydrogen) atoms. The zero-order chi connectivity index (χ0) is 20.3. The third-order valence-electron chi connectivity index (χ3n) is 5.19. The van der Waals surface area contributed by atoms with Crippen LogP contribution < -0.4 is 16.2 Å². The van der Waals surface area contributed by atoms with E-state index in [1.807, 2.05) is 12.1 Å². The van der Waals surface area contributed by atoms with Gasteiger partial charge in [-0.25, -0.2) is 0 Å². The van der Waals surface area contributed by atoms with Crippen LogP contribution in [0.15, 0.2) is 41.2 Å². The number of fused-ring (bicyclic) bond motifs is 1. The van der Waals surface area contributed by atoms with E-state index >= 15 is 0 Å². The molecule has 4 nitrogen and oxygen atoms in total. The van der Waals surface area contributed by atoms with E-state index in [0.717, 1.165) is 28.6 Å². The van der Waals surface area contributed by atoms with Crippen molar-refractivity contribution in [3.63, 3.8) is 0 Å². The Hall–Kier alpha value is -2.66. The lowest BCUT2D eigenvalue weighted by Gasteiger charge is -2.16. The minimum absolute atomic E-state index is 0.0383. The second kappa shape index (κ2) is 8.57. The molecule has 0 saturated heterocycles. The van der Waals surface area contributed by atoms with Gasteiger partial charge in [0.1, 0.15) is 0 Å². The summed E-state index contributed by atoms with van der Waals surface area (Å²) in [6.07, 6.45) is 1.55. The first-order valence-corrected chi connectivity index (χ1v) is 10.1. The van der Waals surface area contributed by atoms with Crippen molar-refractivity contribution in [1.29, 1.82) is 0 Å². The summed E-state index contributed by atoms with van der Waals surface area (Å²) in [6, 6.07) is 12.4. The zero-order valence-electron chi connectivity index (χ0n) is 16.9. The van der Waals surface area contributed by atoms with Crippen molar-refractivity contribution in [3.8, 4) is 0 Å². The Morgan fingerprint density at radius 1 is 1.04 bits per heavy atom. The number of aromatic nitrogens is 1. The van der Waals surface area contributed by atoms with E-state index in [4.69, 9.17) is 12.2 Å². The van der Waals surface area contributed by atoms with Gasteiger partial charge in [-0.3, -0.25) is 4.79 Å². The van der Waals surface area contributed by atoms with E-state index in [2.05, 4.69) is 67.6 Å². The van der Waals surface area contributed by atoms with Crippen LogP contribution in [0.3, 0.4) is 0 Å². The number of anilines is 1. The van der Waals surface area contributed by atoms with Crippen molar-refractivity contribution in [2.45, 2.75) is 40.5 Å². The van der Waals surface area contributed by atoms with Gasteiger partial charge in [0.2, 0.25) is 0 Å². The number of nitrogens with one attached hydrogen (secondary N) is 3. The van der Waals surface area contributed by atoms with Crippen LogP contribution in [0.25, 0.3) is 10.9 Å². The Morgan fingerprint density at radius 3 is 2.54 bits per heavy atom. The monoisotopic (exact) mass is 393 g/mol. The minimum Gasteiger partial charge on any atom is -0.362 e. The number of rotatable bonds is 5. The predicted molar refractivity (Wildman–Crippen MR) is 123 cm³/mol. The summed E-state index contributed by atoms with van der Waals surface area (Å²) in [5, 5.41) is 8.17. The van der Waals surface area contributed by atoms with E-state index in [0.29, 0.717) is 18.1 Å². The fourth-order valence-corrected chi connectivity index (χ4v) is 3.58. The third kappa shape index (κ3) is 4.42. The molecule has 0 aliphatic heterocycles. The fourth-order valence-electron chi connectivity index (χ4n) is 3.38. The maximum absolute atomic E-state index is 12.4. The minimum atomic E-state index is -0.0383. The summed E-state index contributed by atoms with van der Waals surface area (Å²) in [7, 11) is 0. The normalized spacial score (nSPS) is 10.9. The molecule has 5 heteroatoms. The van der Waals surface area contributed by atoms with Gasteiger partial charge in [0.05, 0.1) is 0 Å². The SMILES string of the molecule is CCc1cccc(C)c1NC(=S)NCCc1cc2cc(C)c(C)cc2[nH]c1=O. The van der Waals surface area contributed by atoms with Crippen LogP contribution in [0, 0.1) is 20.8 Å². The number of benzene rings is 2. The summed E-state index contributed by atoms with van der Waals surface area (Å²) in [6.45, 7) is 8.94. The van der Waals surface area contributed by atoms with Crippen LogP contribution in [0.2, 0.25) is 0 Å². The van der Waals surface area contributed by atoms with Crippen LogP contribution in [-0.4, -0.2) is 16.6 Å². The zero-order valence-corrected chi connectivity index (χ0v) is 17.7. The molecular weight excluding hydrogens is 366 g/mol. The molecule has 3 N–H and O–H groups in total. The molecule has 3 aromatic rings. The number of hydrogen-bond acceptors (Lipinski definition) is 2. The van der Waals surface area contributed by atoms with Crippen LogP contribution >= 0.6 is 12.2 Å². The van der Waals surface area contributed by atoms with Gasteiger partial charge in [0.15, 0.2) is 5.11 Å². The van der Waals surface area contributed by atoms with Gasteiger partial charge in [0.25, 0.3) is 5.56 Å². The highest BCUT2D eigenvalue weighted by Crippen LogP contribution is 2.21. The Bertz CT molecular complexity index is 1090. The lowest BCUT2D eigenvalue weighted by molar-refractivity contribution is 0.863. The lowest BCUT2D eigenvalue weighted by atomic mass is 10.0. The van der Waals surface area contributed by atoms with Gasteiger partial charge in [0, 0.05) is 23.3 Å². The van der Waals surface area contributed by atoms with E-state index in [1.165, 1.54) is 22.3 Å². The molecule has 0 unspecified atom stereocenters. The molecule has 0 atom stereocenters. The van der Waals surface area contributed by atoms with Crippen LogP contribution in [0.1, 0.15) is 34.7 Å². The molecule has 2 aromatic carbocycles. The van der Waals surface area contributed by atoms with Crippen molar-refractivity contribution in [1.82, 2.24) is 10.3 Å². The third-order valence-corrected chi connectivity index (χ3v) is 5.44. The first-order valence-electron chi connectivity index (χ1n) is 9.65. The predicted octanol–water partition coefficient (Wildman–Crippen LogP) is 4.54. The summed E-state index contributed by atoms with van der Waals surface area (Å²) in [5.74, 6) is 0. The molecule has 0 radical (unpaired) electrons. The molecule has 1 heterocycles. The molecule has 0 fully saturated rings. The van der Waals surface area contributed by atoms with Gasteiger partial charge >= 0.3 is 0 Å². The molecule has 0 aliphatic rings. The van der Waals surface area contributed by atoms with Gasteiger partial charge in [-0.05, 0) is 91.7 Å². The van der Waals surface area contributed by atoms with Gasteiger partial charge in [-0.15, -0.1) is 0 Å². The molecule has 0 bridgehead atoms. The maximum atomic E-state index is 12.4. The number of thiocarbonyl (C=S) groups is 1. The molecule has 146 valence electrons. The van der Waals surface area contributed by atoms with E-state index in [9.17, 15) is 4.79 Å². The first kappa shape index (κ1) is 20.1. The molecule has 3 rings (SSSR count). The smallest absolute Gasteiger partial charge is 0.251 e. The molecule has 0 saturated carbocycles.